The molecular formula is C19H21ClN2O2. The molecule has 1 heterocycles. The number of methoxy groups -OCH3 is 1. The number of esters is 1. The lowest BCUT2D eigenvalue weighted by Crippen LogP contribution is -2.26. The first-order chi connectivity index (χ1) is 11.7. The molecule has 0 aromatic heterocycles. The van der Waals surface area contributed by atoms with Gasteiger partial charge in [0.25, 0.3) is 0 Å². The molecule has 24 heavy (non-hydrogen) atoms. The van der Waals surface area contributed by atoms with E-state index in [9.17, 15) is 4.79 Å². The van der Waals surface area contributed by atoms with Crippen LogP contribution in [0, 0.1) is 0 Å². The summed E-state index contributed by atoms with van der Waals surface area (Å²) in [5, 5.41) is 3.99. The van der Waals surface area contributed by atoms with Gasteiger partial charge in [-0.25, -0.2) is 4.79 Å². The first-order valence-electron chi connectivity index (χ1n) is 8.06. The number of ether oxygens (including phenoxy) is 1. The van der Waals surface area contributed by atoms with Crippen LogP contribution < -0.4 is 5.32 Å². The van der Waals surface area contributed by atoms with E-state index in [0.717, 1.165) is 31.7 Å². The third-order valence-electron chi connectivity index (χ3n) is 4.27. The van der Waals surface area contributed by atoms with Crippen LogP contribution in [0.15, 0.2) is 48.5 Å². The van der Waals surface area contributed by atoms with E-state index in [1.54, 1.807) is 12.1 Å². The average Bonchev–Trinajstić information content (AvgIpc) is 3.03. The van der Waals surface area contributed by atoms with Gasteiger partial charge < -0.3 is 10.1 Å². The smallest absolute Gasteiger partial charge is 0.340 e. The fourth-order valence-electron chi connectivity index (χ4n) is 3.08. The highest BCUT2D eigenvalue weighted by molar-refractivity contribution is 6.31. The number of hydrogen-bond donors (Lipinski definition) is 1. The SMILES string of the molecule is COC(=O)c1cc(Cl)ccc1NC1CCN(Cc2ccccc2)C1. The molecule has 0 radical (unpaired) electrons. The van der Waals surface area contributed by atoms with Crippen LogP contribution in [0.3, 0.4) is 0 Å². The van der Waals surface area contributed by atoms with E-state index in [1.165, 1.54) is 12.7 Å². The highest BCUT2D eigenvalue weighted by Gasteiger charge is 2.24. The zero-order valence-electron chi connectivity index (χ0n) is 13.7. The Labute approximate surface area is 147 Å². The van der Waals surface area contributed by atoms with Gasteiger partial charge in [-0.1, -0.05) is 41.9 Å². The lowest BCUT2D eigenvalue weighted by Gasteiger charge is -2.19. The molecule has 0 amide bonds. The summed E-state index contributed by atoms with van der Waals surface area (Å²) in [4.78, 5) is 14.4. The second-order valence-corrected chi connectivity index (χ2v) is 6.47. The molecule has 1 saturated heterocycles. The molecule has 0 saturated carbocycles. The van der Waals surface area contributed by atoms with Crippen molar-refractivity contribution >= 4 is 23.3 Å². The van der Waals surface area contributed by atoms with Crippen LogP contribution in [0.25, 0.3) is 0 Å². The van der Waals surface area contributed by atoms with Gasteiger partial charge in [-0.05, 0) is 30.2 Å². The van der Waals surface area contributed by atoms with Crippen molar-refractivity contribution in [2.24, 2.45) is 0 Å². The van der Waals surface area contributed by atoms with Crippen molar-refractivity contribution in [2.45, 2.75) is 19.0 Å². The van der Waals surface area contributed by atoms with E-state index in [4.69, 9.17) is 16.3 Å². The highest BCUT2D eigenvalue weighted by Crippen LogP contribution is 2.24. The summed E-state index contributed by atoms with van der Waals surface area (Å²) in [5.41, 5.74) is 2.57. The van der Waals surface area contributed by atoms with Crippen molar-refractivity contribution in [3.63, 3.8) is 0 Å². The predicted molar refractivity (Wildman–Crippen MR) is 96.5 cm³/mol. The Balaban J connectivity index is 1.64. The fraction of sp³-hybridized carbons (Fsp3) is 0.316. The van der Waals surface area contributed by atoms with Gasteiger partial charge in [-0.3, -0.25) is 4.90 Å². The van der Waals surface area contributed by atoms with Gasteiger partial charge in [0.2, 0.25) is 0 Å². The van der Waals surface area contributed by atoms with E-state index in [2.05, 4.69) is 34.5 Å². The molecule has 2 aromatic carbocycles. The number of carbonyl (C=O) groups excluding carboxylic acids is 1. The number of carbonyl (C=O) groups is 1. The van der Waals surface area contributed by atoms with Gasteiger partial charge >= 0.3 is 5.97 Å². The first kappa shape index (κ1) is 16.8. The first-order valence-corrected chi connectivity index (χ1v) is 8.44. The number of rotatable bonds is 5. The van der Waals surface area contributed by atoms with Crippen molar-refractivity contribution in [1.29, 1.82) is 0 Å². The lowest BCUT2D eigenvalue weighted by atomic mass is 10.1. The molecule has 0 spiro atoms. The number of halogens is 1. The Kier molecular flexibility index (Phi) is 5.38. The molecule has 0 aliphatic carbocycles. The molecular weight excluding hydrogens is 324 g/mol. The van der Waals surface area contributed by atoms with Crippen LogP contribution in [0.4, 0.5) is 5.69 Å². The Morgan fingerprint density at radius 2 is 2.08 bits per heavy atom. The highest BCUT2D eigenvalue weighted by atomic mass is 35.5. The molecule has 5 heteroatoms. The van der Waals surface area contributed by atoms with Crippen LogP contribution in [0.1, 0.15) is 22.3 Å². The Morgan fingerprint density at radius 1 is 1.29 bits per heavy atom. The zero-order valence-corrected chi connectivity index (χ0v) is 14.4. The van der Waals surface area contributed by atoms with Crippen molar-refractivity contribution < 1.29 is 9.53 Å². The molecule has 126 valence electrons. The maximum absolute atomic E-state index is 11.9. The van der Waals surface area contributed by atoms with Gasteiger partial charge in [0.1, 0.15) is 0 Å². The largest absolute Gasteiger partial charge is 0.465 e. The van der Waals surface area contributed by atoms with Gasteiger partial charge in [0.05, 0.1) is 12.7 Å². The second-order valence-electron chi connectivity index (χ2n) is 6.03. The quantitative estimate of drug-likeness (QED) is 0.837. The summed E-state index contributed by atoms with van der Waals surface area (Å²) in [6, 6.07) is 16.0. The number of nitrogens with one attached hydrogen (secondary N) is 1. The minimum absolute atomic E-state index is 0.304. The number of benzene rings is 2. The van der Waals surface area contributed by atoms with Crippen molar-refractivity contribution in [2.75, 3.05) is 25.5 Å². The van der Waals surface area contributed by atoms with E-state index in [-0.39, 0.29) is 5.97 Å². The Morgan fingerprint density at radius 3 is 2.83 bits per heavy atom. The molecule has 1 unspecified atom stereocenters. The van der Waals surface area contributed by atoms with Crippen LogP contribution in [-0.4, -0.2) is 37.1 Å². The topological polar surface area (TPSA) is 41.6 Å². The van der Waals surface area contributed by atoms with Gasteiger partial charge in [0, 0.05) is 36.4 Å². The van der Waals surface area contributed by atoms with Crippen LogP contribution in [0.2, 0.25) is 5.02 Å². The molecule has 1 aliphatic rings. The second kappa shape index (κ2) is 7.69. The number of anilines is 1. The number of hydrogen-bond acceptors (Lipinski definition) is 4. The van der Waals surface area contributed by atoms with Crippen molar-refractivity contribution in [3.8, 4) is 0 Å². The summed E-state index contributed by atoms with van der Waals surface area (Å²) in [6.07, 6.45) is 1.04. The van der Waals surface area contributed by atoms with Gasteiger partial charge in [-0.2, -0.15) is 0 Å². The van der Waals surface area contributed by atoms with Crippen molar-refractivity contribution in [1.82, 2.24) is 4.90 Å². The maximum Gasteiger partial charge on any atom is 0.340 e. The van der Waals surface area contributed by atoms with Crippen LogP contribution in [-0.2, 0) is 11.3 Å². The minimum atomic E-state index is -0.376. The van der Waals surface area contributed by atoms with Crippen molar-refractivity contribution in [3.05, 3.63) is 64.7 Å². The van der Waals surface area contributed by atoms with Crippen LogP contribution >= 0.6 is 11.6 Å². The molecule has 1 N–H and O–H groups in total. The molecule has 1 atom stereocenters. The minimum Gasteiger partial charge on any atom is -0.465 e. The standard InChI is InChI=1S/C19H21ClN2O2/c1-24-19(23)17-11-15(20)7-8-18(17)21-16-9-10-22(13-16)12-14-5-3-2-4-6-14/h2-8,11,16,21H,9-10,12-13H2,1H3. The Bertz CT molecular complexity index is 706. The molecule has 4 nitrogen and oxygen atoms in total. The average molecular weight is 345 g/mol. The molecule has 0 bridgehead atoms. The monoisotopic (exact) mass is 344 g/mol. The molecule has 3 rings (SSSR count). The summed E-state index contributed by atoms with van der Waals surface area (Å²) < 4.78 is 4.85. The van der Waals surface area contributed by atoms with Gasteiger partial charge in [0.15, 0.2) is 0 Å². The third kappa shape index (κ3) is 4.08. The number of likely N-dealkylation sites (tertiary alicyclic amines) is 1. The predicted octanol–water partition coefficient (Wildman–Crippen LogP) is 3.81. The van der Waals surface area contributed by atoms with E-state index < -0.39 is 0 Å². The normalized spacial score (nSPS) is 17.7. The Hall–Kier alpha value is -2.04. The maximum atomic E-state index is 11.9. The number of nitrogens with zero attached hydrogens (tertiary/aromatic N) is 1. The summed E-state index contributed by atoms with van der Waals surface area (Å²) >= 11 is 6.00. The lowest BCUT2D eigenvalue weighted by molar-refractivity contribution is 0.0602. The zero-order chi connectivity index (χ0) is 16.9. The summed E-state index contributed by atoms with van der Waals surface area (Å²) in [7, 11) is 1.38. The van der Waals surface area contributed by atoms with E-state index >= 15 is 0 Å². The summed E-state index contributed by atoms with van der Waals surface area (Å²) in [6.45, 7) is 2.93. The van der Waals surface area contributed by atoms with Crippen LogP contribution in [0.5, 0.6) is 0 Å². The molecule has 2 aromatic rings. The third-order valence-corrected chi connectivity index (χ3v) is 4.50. The molecule has 1 aliphatic heterocycles. The summed E-state index contributed by atoms with van der Waals surface area (Å²) in [5.74, 6) is -0.376. The fourth-order valence-corrected chi connectivity index (χ4v) is 3.25. The van der Waals surface area contributed by atoms with E-state index in [0.29, 0.717) is 16.6 Å². The van der Waals surface area contributed by atoms with Gasteiger partial charge in [-0.15, -0.1) is 0 Å². The van der Waals surface area contributed by atoms with E-state index in [1.807, 2.05) is 12.1 Å². The molecule has 1 fully saturated rings.